The standard InChI is InChI=1S/C27H58ClP/c1-5-9-12-15-18-21-25-29(28,24-8-4,26-22-19-16-13-10-6-2)27-23-20-17-14-11-7-3/h5-27H2,1-4H3. The Morgan fingerprint density at radius 1 is 0.345 bits per heavy atom. The third-order valence-electron chi connectivity index (χ3n) is 6.99. The Morgan fingerprint density at radius 3 is 0.897 bits per heavy atom. The Morgan fingerprint density at radius 2 is 0.621 bits per heavy atom. The van der Waals surface area contributed by atoms with Gasteiger partial charge in [0.05, 0.1) is 0 Å². The first kappa shape index (κ1) is 29.7. The molecule has 0 amide bonds. The van der Waals surface area contributed by atoms with Crippen LogP contribution in [0.4, 0.5) is 0 Å². The van der Waals surface area contributed by atoms with Gasteiger partial charge in [0, 0.05) is 0 Å². The number of unbranched alkanes of at least 4 members (excludes halogenated alkanes) is 15. The molecule has 0 spiro atoms. The van der Waals surface area contributed by atoms with E-state index in [2.05, 4.69) is 27.7 Å². The van der Waals surface area contributed by atoms with Crippen LogP contribution >= 0.6 is 17.2 Å². The van der Waals surface area contributed by atoms with Gasteiger partial charge in [0.15, 0.2) is 0 Å². The zero-order chi connectivity index (χ0) is 21.7. The Hall–Kier alpha value is 0.720. The summed E-state index contributed by atoms with van der Waals surface area (Å²) in [6, 6.07) is 0. The predicted molar refractivity (Wildman–Crippen MR) is 143 cm³/mol. The van der Waals surface area contributed by atoms with Crippen molar-refractivity contribution in [2.45, 2.75) is 150 Å². The molecule has 0 saturated heterocycles. The minimum atomic E-state index is -2.02. The second-order valence-corrected chi connectivity index (χ2v) is 18.3. The van der Waals surface area contributed by atoms with E-state index < -0.39 is 5.96 Å². The molecule has 0 aliphatic rings. The van der Waals surface area contributed by atoms with E-state index >= 15 is 0 Å². The number of hydrogen-bond acceptors (Lipinski definition) is 0. The molecule has 0 rings (SSSR count). The van der Waals surface area contributed by atoms with Crippen LogP contribution in [-0.2, 0) is 0 Å². The van der Waals surface area contributed by atoms with E-state index in [9.17, 15) is 0 Å². The molecule has 0 radical (unpaired) electrons. The maximum atomic E-state index is 7.85. The molecule has 0 unspecified atom stereocenters. The molecule has 0 aromatic carbocycles. The molecule has 178 valence electrons. The maximum absolute atomic E-state index is 7.85. The molecule has 2 heteroatoms. The van der Waals surface area contributed by atoms with E-state index in [0.717, 1.165) is 0 Å². The van der Waals surface area contributed by atoms with Gasteiger partial charge in [-0.25, -0.2) is 0 Å². The summed E-state index contributed by atoms with van der Waals surface area (Å²) < 4.78 is 0. The zero-order valence-corrected chi connectivity index (χ0v) is 22.7. The average molecular weight is 449 g/mol. The Bertz CT molecular complexity index is 298. The van der Waals surface area contributed by atoms with E-state index in [1.165, 1.54) is 147 Å². The third-order valence-corrected chi connectivity index (χ3v) is 14.9. The van der Waals surface area contributed by atoms with Crippen LogP contribution in [0.1, 0.15) is 150 Å². The second kappa shape index (κ2) is 19.4. The molecule has 0 atom stereocenters. The molecular weight excluding hydrogens is 391 g/mol. The van der Waals surface area contributed by atoms with E-state index in [1.54, 1.807) is 0 Å². The van der Waals surface area contributed by atoms with Gasteiger partial charge >= 0.3 is 192 Å². The van der Waals surface area contributed by atoms with Gasteiger partial charge in [0.25, 0.3) is 0 Å². The summed E-state index contributed by atoms with van der Waals surface area (Å²) in [7, 11) is 0. The van der Waals surface area contributed by atoms with Crippen molar-refractivity contribution in [2.75, 3.05) is 24.6 Å². The van der Waals surface area contributed by atoms with Gasteiger partial charge in [-0.2, -0.15) is 0 Å². The molecule has 0 saturated carbocycles. The van der Waals surface area contributed by atoms with Gasteiger partial charge in [0.2, 0.25) is 0 Å². The molecule has 0 aromatic rings. The van der Waals surface area contributed by atoms with Gasteiger partial charge in [-0.05, 0) is 0 Å². The Kier molecular flexibility index (Phi) is 19.9. The summed E-state index contributed by atoms with van der Waals surface area (Å²) >= 11 is 7.85. The fraction of sp³-hybridized carbons (Fsp3) is 1.00. The molecule has 0 fully saturated rings. The van der Waals surface area contributed by atoms with Crippen molar-refractivity contribution in [2.24, 2.45) is 0 Å². The molecule has 0 nitrogen and oxygen atoms in total. The van der Waals surface area contributed by atoms with Crippen LogP contribution in [0.3, 0.4) is 0 Å². The Labute approximate surface area is 191 Å². The molecule has 29 heavy (non-hydrogen) atoms. The first-order valence-electron chi connectivity index (χ1n) is 13.8. The van der Waals surface area contributed by atoms with Crippen LogP contribution in [-0.4, -0.2) is 24.6 Å². The van der Waals surface area contributed by atoms with Crippen LogP contribution in [0.15, 0.2) is 0 Å². The topological polar surface area (TPSA) is 0 Å². The van der Waals surface area contributed by atoms with E-state index in [4.69, 9.17) is 11.2 Å². The number of hydrogen-bond donors (Lipinski definition) is 0. The molecule has 0 aliphatic heterocycles. The van der Waals surface area contributed by atoms with Crippen molar-refractivity contribution in [1.82, 2.24) is 0 Å². The van der Waals surface area contributed by atoms with Gasteiger partial charge in [0.1, 0.15) is 0 Å². The van der Waals surface area contributed by atoms with Crippen LogP contribution in [0.25, 0.3) is 0 Å². The van der Waals surface area contributed by atoms with Gasteiger partial charge in [-0.1, -0.05) is 0 Å². The Balaban J connectivity index is 4.67. The summed E-state index contributed by atoms with van der Waals surface area (Å²) in [6.07, 6.45) is 32.1. The molecule has 0 aromatic heterocycles. The van der Waals surface area contributed by atoms with Crippen molar-refractivity contribution in [1.29, 1.82) is 0 Å². The van der Waals surface area contributed by atoms with Crippen molar-refractivity contribution in [3.63, 3.8) is 0 Å². The van der Waals surface area contributed by atoms with Crippen molar-refractivity contribution < 1.29 is 0 Å². The molecule has 0 bridgehead atoms. The van der Waals surface area contributed by atoms with Gasteiger partial charge in [-0.15, -0.1) is 0 Å². The monoisotopic (exact) mass is 448 g/mol. The molecule has 0 heterocycles. The van der Waals surface area contributed by atoms with E-state index in [-0.39, 0.29) is 0 Å². The second-order valence-electron chi connectivity index (χ2n) is 10.0. The fourth-order valence-corrected chi connectivity index (χ4v) is 12.2. The minimum absolute atomic E-state index is 1.29. The summed E-state index contributed by atoms with van der Waals surface area (Å²) in [4.78, 5) is 0. The normalized spacial score (nSPS) is 13.5. The van der Waals surface area contributed by atoms with Gasteiger partial charge in [-0.3, -0.25) is 0 Å². The molecular formula is C27H58ClP. The van der Waals surface area contributed by atoms with Crippen molar-refractivity contribution >= 4 is 17.2 Å². The zero-order valence-electron chi connectivity index (χ0n) is 21.1. The number of rotatable bonds is 23. The predicted octanol–water partition coefficient (Wildman–Crippen LogP) is 11.2. The van der Waals surface area contributed by atoms with Crippen molar-refractivity contribution in [3.8, 4) is 0 Å². The average Bonchev–Trinajstić information content (AvgIpc) is 2.71. The van der Waals surface area contributed by atoms with Crippen LogP contribution in [0, 0.1) is 0 Å². The first-order valence-corrected chi connectivity index (χ1v) is 17.6. The third kappa shape index (κ3) is 16.1. The fourth-order valence-electron chi connectivity index (χ4n) is 5.09. The summed E-state index contributed by atoms with van der Waals surface area (Å²) in [6.45, 7) is 9.32. The van der Waals surface area contributed by atoms with Crippen LogP contribution < -0.4 is 0 Å². The van der Waals surface area contributed by atoms with Crippen molar-refractivity contribution in [3.05, 3.63) is 0 Å². The van der Waals surface area contributed by atoms with E-state index in [0.29, 0.717) is 0 Å². The number of halogens is 1. The summed E-state index contributed by atoms with van der Waals surface area (Å²) in [5.41, 5.74) is 0. The molecule has 0 aliphatic carbocycles. The van der Waals surface area contributed by atoms with Gasteiger partial charge < -0.3 is 0 Å². The molecule has 0 N–H and O–H groups in total. The summed E-state index contributed by atoms with van der Waals surface area (Å²) in [5.74, 6) is -2.02. The SMILES string of the molecule is CCCCCCCCP(Cl)(CCC)(CCCCCCCC)CCCCCCCC. The van der Waals surface area contributed by atoms with E-state index in [1.807, 2.05) is 0 Å². The summed E-state index contributed by atoms with van der Waals surface area (Å²) in [5, 5.41) is 0. The van der Waals surface area contributed by atoms with Crippen LogP contribution in [0.5, 0.6) is 0 Å². The first-order chi connectivity index (χ1) is 14.0. The van der Waals surface area contributed by atoms with Crippen LogP contribution in [0.2, 0.25) is 0 Å². The quantitative estimate of drug-likeness (QED) is 0.108.